The molecule has 0 spiro atoms. The smallest absolute Gasteiger partial charge is 0.331 e. The summed E-state index contributed by atoms with van der Waals surface area (Å²) in [5.74, 6) is -1.40. The summed E-state index contributed by atoms with van der Waals surface area (Å²) in [6.45, 7) is -0.911. The number of nitro groups is 1. The number of nitrogens with one attached hydrogen (secondary N) is 1. The molecular formula is C8H7ClN2O7S. The average molecular weight is 311 g/mol. The van der Waals surface area contributed by atoms with Crippen LogP contribution >= 0.6 is 11.6 Å². The van der Waals surface area contributed by atoms with E-state index in [1.807, 2.05) is 0 Å². The third kappa shape index (κ3) is 4.13. The Morgan fingerprint density at radius 1 is 1.53 bits per heavy atom. The molecule has 19 heavy (non-hydrogen) atoms. The molecule has 0 aliphatic rings. The van der Waals surface area contributed by atoms with E-state index in [-0.39, 0.29) is 5.02 Å². The number of hydrogen-bond acceptors (Lipinski definition) is 6. The van der Waals surface area contributed by atoms with Crippen LogP contribution in [0.3, 0.4) is 0 Å². The summed E-state index contributed by atoms with van der Waals surface area (Å²) in [6, 6.07) is 2.79. The second-order valence-electron chi connectivity index (χ2n) is 3.14. The molecule has 104 valence electrons. The van der Waals surface area contributed by atoms with Gasteiger partial charge in [0.2, 0.25) is 0 Å². The number of hydrogen-bond donors (Lipinski definition) is 2. The molecule has 0 unspecified atom stereocenters. The van der Waals surface area contributed by atoms with E-state index in [0.29, 0.717) is 0 Å². The van der Waals surface area contributed by atoms with E-state index in [1.54, 1.807) is 0 Å². The molecule has 0 aromatic heterocycles. The second-order valence-corrected chi connectivity index (χ2v) is 5.16. The topological polar surface area (TPSA) is 136 Å². The molecule has 2 N–H and O–H groups in total. The molecule has 0 bridgehead atoms. The van der Waals surface area contributed by atoms with Gasteiger partial charge in [-0.1, -0.05) is 16.5 Å². The maximum Gasteiger partial charge on any atom is 0.331 e. The van der Waals surface area contributed by atoms with Gasteiger partial charge in [-0.25, -0.2) is 13.2 Å². The van der Waals surface area contributed by atoms with Crippen LogP contribution in [0.5, 0.6) is 0 Å². The summed E-state index contributed by atoms with van der Waals surface area (Å²) in [4.78, 5) is 25.0. The first kappa shape index (κ1) is 15.3. The lowest BCUT2D eigenvalue weighted by molar-refractivity contribution is -0.385. The van der Waals surface area contributed by atoms with Crippen molar-refractivity contribution in [2.24, 2.45) is 0 Å². The molecule has 1 rings (SSSR count). The Bertz CT molecular complexity index is 616. The molecule has 1 aromatic carbocycles. The zero-order chi connectivity index (χ0) is 14.6. The maximum absolute atomic E-state index is 11.7. The summed E-state index contributed by atoms with van der Waals surface area (Å²) in [6.07, 6.45) is 0. The van der Waals surface area contributed by atoms with Gasteiger partial charge in [0.1, 0.15) is 4.90 Å². The average Bonchev–Trinajstić information content (AvgIpc) is 2.28. The Balaban J connectivity index is 3.03. The van der Waals surface area contributed by atoms with Gasteiger partial charge < -0.3 is 5.11 Å². The highest BCUT2D eigenvalue weighted by Gasteiger charge is 2.22. The summed E-state index contributed by atoms with van der Waals surface area (Å²) in [5, 5.41) is 18.5. The van der Waals surface area contributed by atoms with Crippen molar-refractivity contribution in [2.75, 3.05) is 6.61 Å². The fourth-order valence-electron chi connectivity index (χ4n) is 1.03. The second kappa shape index (κ2) is 5.93. The van der Waals surface area contributed by atoms with Crippen LogP contribution in [0.1, 0.15) is 0 Å². The van der Waals surface area contributed by atoms with Crippen molar-refractivity contribution in [1.82, 2.24) is 4.89 Å². The van der Waals surface area contributed by atoms with Gasteiger partial charge in [-0.15, -0.1) is 0 Å². The number of carboxylic acids is 1. The SMILES string of the molecule is O=C(O)CONS(=O)(=O)c1cc([N+](=O)[O-])ccc1Cl. The molecule has 0 aliphatic carbocycles. The maximum atomic E-state index is 11.7. The third-order valence-electron chi connectivity index (χ3n) is 1.78. The fraction of sp³-hybridized carbons (Fsp3) is 0.125. The van der Waals surface area contributed by atoms with Gasteiger partial charge in [0, 0.05) is 12.1 Å². The molecule has 0 atom stereocenters. The minimum Gasteiger partial charge on any atom is -0.479 e. The number of nitrogens with zero attached hydrogens (tertiary/aromatic N) is 1. The van der Waals surface area contributed by atoms with Crippen molar-refractivity contribution in [3.63, 3.8) is 0 Å². The van der Waals surface area contributed by atoms with E-state index < -0.39 is 38.1 Å². The van der Waals surface area contributed by atoms with E-state index >= 15 is 0 Å². The summed E-state index contributed by atoms with van der Waals surface area (Å²) < 4.78 is 23.3. The standard InChI is InChI=1S/C8H7ClN2O7S/c9-6-2-1-5(11(14)15)3-7(6)19(16,17)10-18-4-8(12)13/h1-3,10H,4H2,(H,12,13). The fourth-order valence-corrected chi connectivity index (χ4v) is 2.35. The molecule has 0 heterocycles. The molecule has 9 nitrogen and oxygen atoms in total. The molecule has 0 radical (unpaired) electrons. The molecule has 0 amide bonds. The first-order valence-corrected chi connectivity index (χ1v) is 6.39. The lowest BCUT2D eigenvalue weighted by Crippen LogP contribution is -2.27. The molecular weight excluding hydrogens is 304 g/mol. The van der Waals surface area contributed by atoms with Crippen molar-refractivity contribution >= 4 is 33.3 Å². The minimum absolute atomic E-state index is 0.267. The molecule has 1 aromatic rings. The van der Waals surface area contributed by atoms with Crippen molar-refractivity contribution in [3.8, 4) is 0 Å². The number of aliphatic carboxylic acids is 1. The predicted octanol–water partition coefficient (Wildman–Crippen LogP) is 0.543. The number of non-ortho nitro benzene ring substituents is 1. The Morgan fingerprint density at radius 2 is 2.16 bits per heavy atom. The first-order chi connectivity index (χ1) is 8.74. The van der Waals surface area contributed by atoms with Crippen LogP contribution in [0.25, 0.3) is 0 Å². The third-order valence-corrected chi connectivity index (χ3v) is 3.48. The number of carbonyl (C=O) groups is 1. The van der Waals surface area contributed by atoms with Crippen LogP contribution in [0.15, 0.2) is 23.1 Å². The molecule has 0 saturated carbocycles. The molecule has 11 heteroatoms. The summed E-state index contributed by atoms with van der Waals surface area (Å²) in [5.41, 5.74) is -0.483. The van der Waals surface area contributed by atoms with E-state index in [2.05, 4.69) is 4.84 Å². The minimum atomic E-state index is -4.31. The number of rotatable bonds is 6. The van der Waals surface area contributed by atoms with Crippen molar-refractivity contribution in [3.05, 3.63) is 33.3 Å². The highest BCUT2D eigenvalue weighted by Crippen LogP contribution is 2.25. The number of benzene rings is 1. The lowest BCUT2D eigenvalue weighted by Gasteiger charge is -2.07. The van der Waals surface area contributed by atoms with Gasteiger partial charge in [-0.2, -0.15) is 0 Å². The zero-order valence-corrected chi connectivity index (χ0v) is 10.6. The quantitative estimate of drug-likeness (QED) is 0.578. The van der Waals surface area contributed by atoms with Gasteiger partial charge in [-0.05, 0) is 6.07 Å². The highest BCUT2D eigenvalue weighted by atomic mass is 35.5. The summed E-state index contributed by atoms with van der Waals surface area (Å²) >= 11 is 5.61. The number of carboxylic acid groups (broad SMARTS) is 1. The zero-order valence-electron chi connectivity index (χ0n) is 9.07. The Morgan fingerprint density at radius 3 is 2.68 bits per heavy atom. The first-order valence-electron chi connectivity index (χ1n) is 4.53. The van der Waals surface area contributed by atoms with Gasteiger partial charge in [0.05, 0.1) is 9.95 Å². The number of halogens is 1. The van der Waals surface area contributed by atoms with E-state index in [0.717, 1.165) is 18.2 Å². The molecule has 0 aliphatic heterocycles. The highest BCUT2D eigenvalue weighted by molar-refractivity contribution is 7.89. The molecule has 0 saturated heterocycles. The van der Waals surface area contributed by atoms with Crippen molar-refractivity contribution < 1.29 is 28.1 Å². The van der Waals surface area contributed by atoms with Crippen LogP contribution in [0, 0.1) is 10.1 Å². The van der Waals surface area contributed by atoms with Crippen LogP contribution in [-0.4, -0.2) is 31.0 Å². The predicted molar refractivity (Wildman–Crippen MR) is 62.0 cm³/mol. The summed E-state index contributed by atoms with van der Waals surface area (Å²) in [7, 11) is -4.31. The Kier molecular flexibility index (Phi) is 4.78. The largest absolute Gasteiger partial charge is 0.479 e. The van der Waals surface area contributed by atoms with Gasteiger partial charge in [0.15, 0.2) is 6.61 Å². The van der Waals surface area contributed by atoms with Crippen LogP contribution in [-0.2, 0) is 19.7 Å². The van der Waals surface area contributed by atoms with Crippen molar-refractivity contribution in [2.45, 2.75) is 4.90 Å². The van der Waals surface area contributed by atoms with Crippen LogP contribution in [0.2, 0.25) is 5.02 Å². The number of sulfonamides is 1. The van der Waals surface area contributed by atoms with E-state index in [9.17, 15) is 23.3 Å². The van der Waals surface area contributed by atoms with Crippen LogP contribution in [0.4, 0.5) is 5.69 Å². The Labute approximate surface area is 111 Å². The van der Waals surface area contributed by atoms with Gasteiger partial charge in [-0.3, -0.25) is 15.0 Å². The number of nitro benzene ring substituents is 1. The van der Waals surface area contributed by atoms with Crippen LogP contribution < -0.4 is 4.89 Å². The normalized spacial score (nSPS) is 11.2. The van der Waals surface area contributed by atoms with E-state index in [4.69, 9.17) is 16.7 Å². The van der Waals surface area contributed by atoms with E-state index in [1.165, 1.54) is 4.89 Å². The lowest BCUT2D eigenvalue weighted by atomic mass is 10.3. The van der Waals surface area contributed by atoms with Gasteiger partial charge in [0.25, 0.3) is 15.7 Å². The van der Waals surface area contributed by atoms with Crippen molar-refractivity contribution in [1.29, 1.82) is 0 Å². The Hall–Kier alpha value is -1.75. The monoisotopic (exact) mass is 310 g/mol. The molecule has 0 fully saturated rings. The van der Waals surface area contributed by atoms with Gasteiger partial charge >= 0.3 is 5.97 Å².